The molecule has 3 rings (SSSR count). The third kappa shape index (κ3) is 3.74. The summed E-state index contributed by atoms with van der Waals surface area (Å²) in [5, 5.41) is 11.6. The average Bonchev–Trinajstić information content (AvgIpc) is 3.04. The first-order valence-electron chi connectivity index (χ1n) is 8.29. The number of ether oxygens (including phenoxy) is 1. The van der Waals surface area contributed by atoms with E-state index in [0.717, 1.165) is 10.8 Å². The Morgan fingerprint density at radius 2 is 2.00 bits per heavy atom. The summed E-state index contributed by atoms with van der Waals surface area (Å²) in [7, 11) is 0. The van der Waals surface area contributed by atoms with E-state index in [1.165, 1.54) is 4.90 Å². The van der Waals surface area contributed by atoms with Crippen molar-refractivity contribution in [2.24, 2.45) is 5.92 Å². The fraction of sp³-hybridized carbons (Fsp3) is 0.368. The summed E-state index contributed by atoms with van der Waals surface area (Å²) in [5.41, 5.74) is 0. The Hall–Kier alpha value is -2.21. The zero-order chi connectivity index (χ0) is 18.0. The van der Waals surface area contributed by atoms with Crippen LogP contribution in [0.2, 0.25) is 0 Å². The number of rotatable bonds is 5. The second kappa shape index (κ2) is 7.35. The molecule has 2 aromatic rings. The van der Waals surface area contributed by atoms with Gasteiger partial charge in [0.25, 0.3) is 0 Å². The van der Waals surface area contributed by atoms with Crippen LogP contribution < -0.4 is 4.74 Å². The molecule has 1 fully saturated rings. The molecule has 1 heterocycles. The maximum atomic E-state index is 12.4. The molecule has 132 valence electrons. The van der Waals surface area contributed by atoms with Gasteiger partial charge in [0.2, 0.25) is 5.91 Å². The molecular weight excluding hydrogens is 338 g/mol. The number of carboxylic acids is 1. The second-order valence-corrected chi connectivity index (χ2v) is 6.78. The first-order chi connectivity index (χ1) is 12.0. The first kappa shape index (κ1) is 17.6. The van der Waals surface area contributed by atoms with Gasteiger partial charge in [-0.05, 0) is 22.9 Å². The molecule has 1 aliphatic rings. The van der Waals surface area contributed by atoms with Crippen LogP contribution in [0.3, 0.4) is 0 Å². The average molecular weight is 359 g/mol. The standard InChI is InChI=1S/C19H21NO4S/c1-12(11-25)18(21)20-10-16(9-17(20)19(22)23)24-15-7-6-13-4-2-3-5-14(13)8-15/h2-8,12,16-17,25H,9-11H2,1H3,(H,22,23)/t12?,16-,17-/m0/s1. The fourth-order valence-electron chi connectivity index (χ4n) is 3.15. The van der Waals surface area contributed by atoms with E-state index in [2.05, 4.69) is 12.6 Å². The number of hydrogen-bond donors (Lipinski definition) is 2. The highest BCUT2D eigenvalue weighted by atomic mass is 32.1. The molecule has 25 heavy (non-hydrogen) atoms. The lowest BCUT2D eigenvalue weighted by Crippen LogP contribution is -2.43. The minimum absolute atomic E-state index is 0.188. The van der Waals surface area contributed by atoms with Gasteiger partial charge in [-0.2, -0.15) is 12.6 Å². The van der Waals surface area contributed by atoms with Crippen LogP contribution in [0.25, 0.3) is 10.8 Å². The molecule has 0 saturated carbocycles. The fourth-order valence-corrected chi connectivity index (χ4v) is 3.31. The number of nitrogens with zero attached hydrogens (tertiary/aromatic N) is 1. The van der Waals surface area contributed by atoms with Gasteiger partial charge in [-0.3, -0.25) is 4.79 Å². The minimum atomic E-state index is -0.996. The van der Waals surface area contributed by atoms with Gasteiger partial charge in [0.1, 0.15) is 17.9 Å². The van der Waals surface area contributed by atoms with E-state index in [0.29, 0.717) is 11.5 Å². The van der Waals surface area contributed by atoms with Crippen molar-refractivity contribution in [1.82, 2.24) is 4.90 Å². The lowest BCUT2D eigenvalue weighted by Gasteiger charge is -2.24. The number of carboxylic acid groups (broad SMARTS) is 1. The largest absolute Gasteiger partial charge is 0.488 e. The van der Waals surface area contributed by atoms with Crippen LogP contribution in [0, 0.1) is 5.92 Å². The monoisotopic (exact) mass is 359 g/mol. The van der Waals surface area contributed by atoms with Gasteiger partial charge in [-0.25, -0.2) is 4.79 Å². The quantitative estimate of drug-likeness (QED) is 0.806. The number of carbonyl (C=O) groups excluding carboxylic acids is 1. The lowest BCUT2D eigenvalue weighted by molar-refractivity contribution is -0.149. The van der Waals surface area contributed by atoms with E-state index >= 15 is 0 Å². The zero-order valence-corrected chi connectivity index (χ0v) is 14.9. The lowest BCUT2D eigenvalue weighted by atomic mass is 10.1. The molecule has 1 saturated heterocycles. The summed E-state index contributed by atoms with van der Waals surface area (Å²) in [5.74, 6) is -0.428. The number of thiol groups is 1. The van der Waals surface area contributed by atoms with E-state index < -0.39 is 12.0 Å². The molecule has 5 nitrogen and oxygen atoms in total. The van der Waals surface area contributed by atoms with Crippen molar-refractivity contribution >= 4 is 35.3 Å². The van der Waals surface area contributed by atoms with Crippen LogP contribution in [0.1, 0.15) is 13.3 Å². The van der Waals surface area contributed by atoms with Gasteiger partial charge in [-0.1, -0.05) is 37.3 Å². The van der Waals surface area contributed by atoms with Crippen LogP contribution in [-0.4, -0.2) is 46.3 Å². The van der Waals surface area contributed by atoms with Gasteiger partial charge in [0.15, 0.2) is 0 Å². The summed E-state index contributed by atoms with van der Waals surface area (Å²) in [6, 6.07) is 12.9. The number of aliphatic carboxylic acids is 1. The molecule has 6 heteroatoms. The van der Waals surface area contributed by atoms with Crippen molar-refractivity contribution in [2.75, 3.05) is 12.3 Å². The summed E-state index contributed by atoms with van der Waals surface area (Å²) in [6.45, 7) is 2.03. The normalized spacial score (nSPS) is 21.3. The Morgan fingerprint density at radius 3 is 2.68 bits per heavy atom. The Labute approximate surface area is 152 Å². The molecule has 0 aromatic heterocycles. The van der Waals surface area contributed by atoms with Crippen molar-refractivity contribution in [1.29, 1.82) is 0 Å². The third-order valence-electron chi connectivity index (χ3n) is 4.55. The smallest absolute Gasteiger partial charge is 0.326 e. The Kier molecular flexibility index (Phi) is 5.18. The number of benzene rings is 2. The molecular formula is C19H21NO4S. The number of hydrogen-bond acceptors (Lipinski definition) is 4. The molecule has 1 unspecified atom stereocenters. The highest BCUT2D eigenvalue weighted by Crippen LogP contribution is 2.27. The number of amides is 1. The Morgan fingerprint density at radius 1 is 1.28 bits per heavy atom. The molecule has 0 aliphatic carbocycles. The molecule has 0 bridgehead atoms. The van der Waals surface area contributed by atoms with E-state index in [9.17, 15) is 14.7 Å². The van der Waals surface area contributed by atoms with Crippen molar-refractivity contribution < 1.29 is 19.4 Å². The molecule has 0 radical (unpaired) electrons. The molecule has 1 amide bonds. The van der Waals surface area contributed by atoms with E-state index in [-0.39, 0.29) is 30.9 Å². The molecule has 1 aliphatic heterocycles. The van der Waals surface area contributed by atoms with Crippen molar-refractivity contribution in [3.8, 4) is 5.75 Å². The summed E-state index contributed by atoms with van der Waals surface area (Å²) in [4.78, 5) is 25.4. The molecule has 2 aromatic carbocycles. The highest BCUT2D eigenvalue weighted by molar-refractivity contribution is 7.80. The maximum absolute atomic E-state index is 12.4. The van der Waals surface area contributed by atoms with Crippen LogP contribution in [-0.2, 0) is 9.59 Å². The molecule has 3 atom stereocenters. The number of likely N-dealkylation sites (tertiary alicyclic amines) is 1. The van der Waals surface area contributed by atoms with Gasteiger partial charge in [-0.15, -0.1) is 0 Å². The van der Waals surface area contributed by atoms with Crippen LogP contribution >= 0.6 is 12.6 Å². The van der Waals surface area contributed by atoms with Gasteiger partial charge in [0, 0.05) is 18.1 Å². The topological polar surface area (TPSA) is 66.8 Å². The third-order valence-corrected chi connectivity index (χ3v) is 5.10. The van der Waals surface area contributed by atoms with E-state index in [1.54, 1.807) is 6.92 Å². The maximum Gasteiger partial charge on any atom is 0.326 e. The first-order valence-corrected chi connectivity index (χ1v) is 8.92. The van der Waals surface area contributed by atoms with Crippen molar-refractivity contribution in [3.05, 3.63) is 42.5 Å². The predicted octanol–water partition coefficient (Wildman–Crippen LogP) is 2.84. The molecule has 1 N–H and O–H groups in total. The van der Waals surface area contributed by atoms with Crippen LogP contribution in [0.4, 0.5) is 0 Å². The number of fused-ring (bicyclic) bond motifs is 1. The highest BCUT2D eigenvalue weighted by Gasteiger charge is 2.41. The molecule has 0 spiro atoms. The van der Waals surface area contributed by atoms with Gasteiger partial charge < -0.3 is 14.7 Å². The van der Waals surface area contributed by atoms with Crippen molar-refractivity contribution in [2.45, 2.75) is 25.5 Å². The van der Waals surface area contributed by atoms with E-state index in [1.807, 2.05) is 42.5 Å². The van der Waals surface area contributed by atoms with Gasteiger partial charge >= 0.3 is 5.97 Å². The van der Waals surface area contributed by atoms with Crippen molar-refractivity contribution in [3.63, 3.8) is 0 Å². The summed E-state index contributed by atoms with van der Waals surface area (Å²) < 4.78 is 5.98. The van der Waals surface area contributed by atoms with Gasteiger partial charge in [0.05, 0.1) is 6.54 Å². The predicted molar refractivity (Wildman–Crippen MR) is 99.1 cm³/mol. The second-order valence-electron chi connectivity index (χ2n) is 6.41. The van der Waals surface area contributed by atoms with Crippen LogP contribution in [0.5, 0.6) is 5.75 Å². The minimum Gasteiger partial charge on any atom is -0.488 e. The SMILES string of the molecule is CC(CS)C(=O)N1C[C@@H](Oc2ccc3ccccc3c2)C[C@H]1C(=O)O. The Balaban J connectivity index is 1.76. The summed E-state index contributed by atoms with van der Waals surface area (Å²) in [6.07, 6.45) is -0.0500. The van der Waals surface area contributed by atoms with E-state index in [4.69, 9.17) is 4.74 Å². The zero-order valence-electron chi connectivity index (χ0n) is 14.0. The Bertz CT molecular complexity index is 794. The van der Waals surface area contributed by atoms with Crippen LogP contribution in [0.15, 0.2) is 42.5 Å². The number of carbonyl (C=O) groups is 2. The summed E-state index contributed by atoms with van der Waals surface area (Å²) >= 11 is 4.14.